The Kier molecular flexibility index (Phi) is 3.67. The SMILES string of the molecule is COc1ccc2[nH]cc(C(=O)Cc3ccc(Cl)cc3)c2c1. The lowest BCUT2D eigenvalue weighted by atomic mass is 10.0. The third kappa shape index (κ3) is 2.78. The maximum atomic E-state index is 12.5. The Morgan fingerprint density at radius 1 is 1.19 bits per heavy atom. The minimum Gasteiger partial charge on any atom is -0.497 e. The number of hydrogen-bond donors (Lipinski definition) is 1. The number of ether oxygens (including phenoxy) is 1. The second-order valence-electron chi connectivity index (χ2n) is 4.84. The van der Waals surface area contributed by atoms with Gasteiger partial charge in [0.1, 0.15) is 5.75 Å². The number of Topliss-reactive ketones (excluding diaryl/α,β-unsaturated/α-hetero) is 1. The number of hydrogen-bond acceptors (Lipinski definition) is 2. The molecule has 1 N–H and O–H groups in total. The lowest BCUT2D eigenvalue weighted by Gasteiger charge is -2.02. The predicted octanol–water partition coefficient (Wildman–Crippen LogP) is 4.26. The Bertz CT molecular complexity index is 790. The predicted molar refractivity (Wildman–Crippen MR) is 84.3 cm³/mol. The highest BCUT2D eigenvalue weighted by Gasteiger charge is 2.13. The summed E-state index contributed by atoms with van der Waals surface area (Å²) in [6, 6.07) is 13.0. The Hall–Kier alpha value is -2.26. The largest absolute Gasteiger partial charge is 0.497 e. The molecule has 1 aromatic heterocycles. The number of ketones is 1. The van der Waals surface area contributed by atoms with Crippen LogP contribution in [-0.2, 0) is 6.42 Å². The summed E-state index contributed by atoms with van der Waals surface area (Å²) in [6.45, 7) is 0. The van der Waals surface area contributed by atoms with E-state index in [0.29, 0.717) is 17.0 Å². The quantitative estimate of drug-likeness (QED) is 0.732. The molecule has 0 amide bonds. The van der Waals surface area contributed by atoms with Crippen LogP contribution in [0.5, 0.6) is 5.75 Å². The molecular formula is C17H14ClNO2. The lowest BCUT2D eigenvalue weighted by molar-refractivity contribution is 0.0994. The van der Waals surface area contributed by atoms with Gasteiger partial charge in [-0.1, -0.05) is 23.7 Å². The standard InChI is InChI=1S/C17H14ClNO2/c1-21-13-6-7-16-14(9-13)15(10-19-16)17(20)8-11-2-4-12(18)5-3-11/h2-7,9-10,19H,8H2,1H3. The molecule has 1 heterocycles. The molecule has 0 bridgehead atoms. The van der Waals surface area contributed by atoms with Crippen LogP contribution >= 0.6 is 11.6 Å². The van der Waals surface area contributed by atoms with Crippen LogP contribution in [0.1, 0.15) is 15.9 Å². The van der Waals surface area contributed by atoms with Crippen molar-refractivity contribution in [3.05, 3.63) is 64.8 Å². The van der Waals surface area contributed by atoms with Crippen molar-refractivity contribution >= 4 is 28.3 Å². The maximum Gasteiger partial charge on any atom is 0.169 e. The fourth-order valence-electron chi connectivity index (χ4n) is 2.34. The maximum absolute atomic E-state index is 12.5. The molecule has 0 aliphatic carbocycles. The zero-order valence-electron chi connectivity index (χ0n) is 11.5. The van der Waals surface area contributed by atoms with Gasteiger partial charge in [-0.05, 0) is 35.9 Å². The number of nitrogens with one attached hydrogen (secondary N) is 1. The zero-order chi connectivity index (χ0) is 14.8. The number of carbonyl (C=O) groups is 1. The highest BCUT2D eigenvalue weighted by Crippen LogP contribution is 2.24. The Morgan fingerprint density at radius 2 is 1.95 bits per heavy atom. The highest BCUT2D eigenvalue weighted by molar-refractivity contribution is 6.30. The van der Waals surface area contributed by atoms with E-state index in [9.17, 15) is 4.79 Å². The van der Waals surface area contributed by atoms with Crippen molar-refractivity contribution in [1.29, 1.82) is 0 Å². The number of carbonyl (C=O) groups excluding carboxylic acids is 1. The molecule has 3 rings (SSSR count). The molecule has 0 saturated carbocycles. The molecular weight excluding hydrogens is 286 g/mol. The van der Waals surface area contributed by atoms with Gasteiger partial charge in [0.2, 0.25) is 0 Å². The third-order valence-corrected chi connectivity index (χ3v) is 3.72. The second kappa shape index (κ2) is 5.62. The number of rotatable bonds is 4. The molecule has 3 aromatic rings. The van der Waals surface area contributed by atoms with Gasteiger partial charge in [0.25, 0.3) is 0 Å². The van der Waals surface area contributed by atoms with Crippen molar-refractivity contribution in [2.24, 2.45) is 0 Å². The number of benzene rings is 2. The van der Waals surface area contributed by atoms with Gasteiger partial charge in [0, 0.05) is 34.1 Å². The Labute approximate surface area is 127 Å². The van der Waals surface area contributed by atoms with E-state index >= 15 is 0 Å². The average Bonchev–Trinajstić information content (AvgIpc) is 2.92. The van der Waals surface area contributed by atoms with Crippen LogP contribution in [0.25, 0.3) is 10.9 Å². The molecule has 4 heteroatoms. The van der Waals surface area contributed by atoms with Crippen LogP contribution in [-0.4, -0.2) is 17.9 Å². The van der Waals surface area contributed by atoms with Crippen molar-refractivity contribution in [3.63, 3.8) is 0 Å². The molecule has 2 aromatic carbocycles. The first-order valence-electron chi connectivity index (χ1n) is 6.60. The number of methoxy groups -OCH3 is 1. The van der Waals surface area contributed by atoms with Gasteiger partial charge in [-0.3, -0.25) is 4.79 Å². The molecule has 0 aliphatic heterocycles. The van der Waals surface area contributed by atoms with Crippen molar-refractivity contribution < 1.29 is 9.53 Å². The van der Waals surface area contributed by atoms with E-state index in [1.54, 1.807) is 25.4 Å². The second-order valence-corrected chi connectivity index (χ2v) is 5.28. The minimum atomic E-state index is 0.0665. The lowest BCUT2D eigenvalue weighted by Crippen LogP contribution is -2.02. The first-order valence-corrected chi connectivity index (χ1v) is 6.98. The number of H-pyrrole nitrogens is 1. The van der Waals surface area contributed by atoms with E-state index in [-0.39, 0.29) is 5.78 Å². The van der Waals surface area contributed by atoms with Crippen LogP contribution in [0.2, 0.25) is 5.02 Å². The summed E-state index contributed by atoms with van der Waals surface area (Å²) < 4.78 is 5.22. The number of aromatic nitrogens is 1. The average molecular weight is 300 g/mol. The summed E-state index contributed by atoms with van der Waals surface area (Å²) in [7, 11) is 1.61. The number of aromatic amines is 1. The van der Waals surface area contributed by atoms with E-state index in [4.69, 9.17) is 16.3 Å². The molecule has 0 saturated heterocycles. The van der Waals surface area contributed by atoms with Gasteiger partial charge in [-0.15, -0.1) is 0 Å². The van der Waals surface area contributed by atoms with Crippen LogP contribution < -0.4 is 4.74 Å². The Morgan fingerprint density at radius 3 is 2.67 bits per heavy atom. The van der Waals surface area contributed by atoms with E-state index < -0.39 is 0 Å². The van der Waals surface area contributed by atoms with Crippen molar-refractivity contribution in [2.75, 3.05) is 7.11 Å². The number of fused-ring (bicyclic) bond motifs is 1. The summed E-state index contributed by atoms with van der Waals surface area (Å²) >= 11 is 5.86. The molecule has 106 valence electrons. The molecule has 0 fully saturated rings. The van der Waals surface area contributed by atoms with Crippen LogP contribution in [0, 0.1) is 0 Å². The fourth-order valence-corrected chi connectivity index (χ4v) is 2.47. The van der Waals surface area contributed by atoms with Gasteiger partial charge in [-0.2, -0.15) is 0 Å². The van der Waals surface area contributed by atoms with E-state index in [2.05, 4.69) is 4.98 Å². The summed E-state index contributed by atoms with van der Waals surface area (Å²) in [4.78, 5) is 15.6. The monoisotopic (exact) mass is 299 g/mol. The first-order chi connectivity index (χ1) is 10.2. The van der Waals surface area contributed by atoms with Crippen molar-refractivity contribution in [2.45, 2.75) is 6.42 Å². The summed E-state index contributed by atoms with van der Waals surface area (Å²) in [5, 5.41) is 1.55. The van der Waals surface area contributed by atoms with Crippen molar-refractivity contribution in [3.8, 4) is 5.75 Å². The zero-order valence-corrected chi connectivity index (χ0v) is 12.3. The molecule has 0 spiro atoms. The van der Waals surface area contributed by atoms with Gasteiger partial charge >= 0.3 is 0 Å². The van der Waals surface area contributed by atoms with Gasteiger partial charge in [0.05, 0.1) is 7.11 Å². The smallest absolute Gasteiger partial charge is 0.169 e. The van der Waals surface area contributed by atoms with Crippen LogP contribution in [0.15, 0.2) is 48.7 Å². The molecule has 0 unspecified atom stereocenters. The highest BCUT2D eigenvalue weighted by atomic mass is 35.5. The minimum absolute atomic E-state index is 0.0665. The Balaban J connectivity index is 1.92. The molecule has 0 radical (unpaired) electrons. The van der Waals surface area contributed by atoms with Crippen molar-refractivity contribution in [1.82, 2.24) is 4.98 Å². The molecule has 0 atom stereocenters. The fraction of sp³-hybridized carbons (Fsp3) is 0.118. The summed E-state index contributed by atoms with van der Waals surface area (Å²) in [6.07, 6.45) is 2.10. The first kappa shape index (κ1) is 13.7. The van der Waals surface area contributed by atoms with Crippen LogP contribution in [0.3, 0.4) is 0 Å². The van der Waals surface area contributed by atoms with E-state index in [0.717, 1.165) is 22.2 Å². The van der Waals surface area contributed by atoms with Gasteiger partial charge < -0.3 is 9.72 Å². The topological polar surface area (TPSA) is 42.1 Å². The molecule has 21 heavy (non-hydrogen) atoms. The third-order valence-electron chi connectivity index (χ3n) is 3.47. The van der Waals surface area contributed by atoms with Gasteiger partial charge in [0.15, 0.2) is 5.78 Å². The van der Waals surface area contributed by atoms with Crippen LogP contribution in [0.4, 0.5) is 0 Å². The van der Waals surface area contributed by atoms with E-state index in [1.165, 1.54) is 0 Å². The summed E-state index contributed by atoms with van der Waals surface area (Å²) in [5.74, 6) is 0.805. The van der Waals surface area contributed by atoms with Gasteiger partial charge in [-0.25, -0.2) is 0 Å². The van der Waals surface area contributed by atoms with E-state index in [1.807, 2.05) is 30.3 Å². The number of halogens is 1. The normalized spacial score (nSPS) is 10.8. The summed E-state index contributed by atoms with van der Waals surface area (Å²) in [5.41, 5.74) is 2.55. The molecule has 0 aliphatic rings. The molecule has 3 nitrogen and oxygen atoms in total.